The van der Waals surface area contributed by atoms with Crippen LogP contribution in [-0.2, 0) is 0 Å². The third-order valence-corrected chi connectivity index (χ3v) is 4.20. The molecule has 0 unspecified atom stereocenters. The standard InChI is InChI=1S/C22H16FN3O2/c23-18-13-7-12-17(14-18)20(27)24-19(15-8-3-1-4-9-15)22-26-25-21(28-22)16-10-5-2-6-11-16/h1-14,19H,(H,24,27)/t19-/m1/s1. The second kappa shape index (κ2) is 7.84. The van der Waals surface area contributed by atoms with E-state index in [0.29, 0.717) is 5.89 Å². The van der Waals surface area contributed by atoms with Crippen LogP contribution in [-0.4, -0.2) is 16.1 Å². The first kappa shape index (κ1) is 17.6. The molecule has 4 aromatic rings. The van der Waals surface area contributed by atoms with Gasteiger partial charge in [-0.15, -0.1) is 10.2 Å². The second-order valence-corrected chi connectivity index (χ2v) is 6.14. The highest BCUT2D eigenvalue weighted by Gasteiger charge is 2.24. The Morgan fingerprint density at radius 3 is 2.32 bits per heavy atom. The number of nitrogens with zero attached hydrogens (tertiary/aromatic N) is 2. The number of amides is 1. The highest BCUT2D eigenvalue weighted by Crippen LogP contribution is 2.25. The number of rotatable bonds is 5. The van der Waals surface area contributed by atoms with Gasteiger partial charge in [-0.25, -0.2) is 4.39 Å². The van der Waals surface area contributed by atoms with Crippen molar-refractivity contribution in [2.75, 3.05) is 0 Å². The van der Waals surface area contributed by atoms with E-state index in [9.17, 15) is 9.18 Å². The minimum absolute atomic E-state index is 0.212. The molecule has 0 aliphatic heterocycles. The topological polar surface area (TPSA) is 68.0 Å². The van der Waals surface area contributed by atoms with Crippen molar-refractivity contribution in [2.45, 2.75) is 6.04 Å². The van der Waals surface area contributed by atoms with Crippen LogP contribution in [0.3, 0.4) is 0 Å². The Bertz CT molecular complexity index is 1080. The molecule has 4 rings (SSSR count). The molecule has 0 radical (unpaired) electrons. The van der Waals surface area contributed by atoms with E-state index >= 15 is 0 Å². The Labute approximate surface area is 160 Å². The molecule has 1 heterocycles. The normalized spacial score (nSPS) is 11.8. The third kappa shape index (κ3) is 3.81. The lowest BCUT2D eigenvalue weighted by molar-refractivity contribution is 0.0937. The van der Waals surface area contributed by atoms with Gasteiger partial charge in [-0.05, 0) is 35.9 Å². The Kier molecular flexibility index (Phi) is 4.93. The predicted molar refractivity (Wildman–Crippen MR) is 102 cm³/mol. The van der Waals surface area contributed by atoms with Crippen molar-refractivity contribution in [1.29, 1.82) is 0 Å². The SMILES string of the molecule is O=C(N[C@H](c1ccccc1)c1nnc(-c2ccccc2)o1)c1cccc(F)c1. The number of halogens is 1. The van der Waals surface area contributed by atoms with Crippen LogP contribution in [0.4, 0.5) is 4.39 Å². The first-order valence-electron chi connectivity index (χ1n) is 8.71. The van der Waals surface area contributed by atoms with Crippen molar-refractivity contribution in [1.82, 2.24) is 15.5 Å². The molecule has 1 aromatic heterocycles. The summed E-state index contributed by atoms with van der Waals surface area (Å²) in [5.74, 6) is -0.313. The molecule has 5 nitrogen and oxygen atoms in total. The molecule has 28 heavy (non-hydrogen) atoms. The van der Waals surface area contributed by atoms with Crippen molar-refractivity contribution < 1.29 is 13.6 Å². The lowest BCUT2D eigenvalue weighted by Crippen LogP contribution is -2.29. The van der Waals surface area contributed by atoms with Crippen LogP contribution in [0.5, 0.6) is 0 Å². The van der Waals surface area contributed by atoms with E-state index in [2.05, 4.69) is 15.5 Å². The summed E-state index contributed by atoms with van der Waals surface area (Å²) in [6.45, 7) is 0. The van der Waals surface area contributed by atoms with Crippen LogP contribution in [0.2, 0.25) is 0 Å². The molecule has 0 aliphatic carbocycles. The third-order valence-electron chi connectivity index (χ3n) is 4.20. The predicted octanol–water partition coefficient (Wildman–Crippen LogP) is 4.40. The Morgan fingerprint density at radius 1 is 0.893 bits per heavy atom. The molecular formula is C22H16FN3O2. The van der Waals surface area contributed by atoms with Gasteiger partial charge in [-0.2, -0.15) is 0 Å². The summed E-state index contributed by atoms with van der Waals surface area (Å²) in [5, 5.41) is 11.1. The average molecular weight is 373 g/mol. The van der Waals surface area contributed by atoms with Gasteiger partial charge in [0.2, 0.25) is 11.8 Å². The average Bonchev–Trinajstić information content (AvgIpc) is 3.23. The van der Waals surface area contributed by atoms with Crippen molar-refractivity contribution in [3.05, 3.63) is 108 Å². The molecule has 1 N–H and O–H groups in total. The highest BCUT2D eigenvalue weighted by atomic mass is 19.1. The van der Waals surface area contributed by atoms with E-state index < -0.39 is 17.8 Å². The fourth-order valence-corrected chi connectivity index (χ4v) is 2.83. The van der Waals surface area contributed by atoms with E-state index in [1.807, 2.05) is 60.7 Å². The van der Waals surface area contributed by atoms with Gasteiger partial charge >= 0.3 is 0 Å². The first-order valence-corrected chi connectivity index (χ1v) is 8.71. The fraction of sp³-hybridized carbons (Fsp3) is 0.0455. The van der Waals surface area contributed by atoms with Crippen molar-refractivity contribution in [3.8, 4) is 11.5 Å². The summed E-state index contributed by atoms with van der Waals surface area (Å²) < 4.78 is 19.3. The summed E-state index contributed by atoms with van der Waals surface area (Å²) in [7, 11) is 0. The zero-order valence-electron chi connectivity index (χ0n) is 14.7. The molecule has 0 saturated heterocycles. The van der Waals surface area contributed by atoms with Gasteiger partial charge in [-0.1, -0.05) is 54.6 Å². The number of hydrogen-bond donors (Lipinski definition) is 1. The summed E-state index contributed by atoms with van der Waals surface area (Å²) in [6, 6.07) is 23.5. The van der Waals surface area contributed by atoms with Gasteiger partial charge in [0, 0.05) is 11.1 Å². The van der Waals surface area contributed by atoms with Gasteiger partial charge in [0.25, 0.3) is 5.91 Å². The molecule has 3 aromatic carbocycles. The number of carbonyl (C=O) groups excluding carboxylic acids is 1. The lowest BCUT2D eigenvalue weighted by Gasteiger charge is -2.15. The Balaban J connectivity index is 1.67. The van der Waals surface area contributed by atoms with Gasteiger partial charge in [0.1, 0.15) is 11.9 Å². The van der Waals surface area contributed by atoms with E-state index in [-0.39, 0.29) is 11.5 Å². The zero-order valence-corrected chi connectivity index (χ0v) is 14.7. The molecule has 6 heteroatoms. The Morgan fingerprint density at radius 2 is 1.61 bits per heavy atom. The van der Waals surface area contributed by atoms with Crippen molar-refractivity contribution >= 4 is 5.91 Å². The molecule has 0 spiro atoms. The largest absolute Gasteiger partial charge is 0.418 e. The quantitative estimate of drug-likeness (QED) is 0.563. The van der Waals surface area contributed by atoms with Crippen LogP contribution in [0.25, 0.3) is 11.5 Å². The van der Waals surface area contributed by atoms with Crippen molar-refractivity contribution in [2.24, 2.45) is 0 Å². The highest BCUT2D eigenvalue weighted by molar-refractivity contribution is 5.94. The van der Waals surface area contributed by atoms with Crippen LogP contribution >= 0.6 is 0 Å². The zero-order chi connectivity index (χ0) is 19.3. The van der Waals surface area contributed by atoms with Gasteiger partial charge in [-0.3, -0.25) is 4.79 Å². The van der Waals surface area contributed by atoms with Gasteiger partial charge < -0.3 is 9.73 Å². The number of hydrogen-bond acceptors (Lipinski definition) is 4. The smallest absolute Gasteiger partial charge is 0.252 e. The number of benzene rings is 3. The van der Waals surface area contributed by atoms with Crippen LogP contribution < -0.4 is 5.32 Å². The Hall–Kier alpha value is -3.80. The molecule has 1 amide bonds. The molecular weight excluding hydrogens is 357 g/mol. The van der Waals surface area contributed by atoms with E-state index in [1.165, 1.54) is 18.2 Å². The maximum Gasteiger partial charge on any atom is 0.252 e. The molecule has 0 fully saturated rings. The van der Waals surface area contributed by atoms with Crippen molar-refractivity contribution in [3.63, 3.8) is 0 Å². The lowest BCUT2D eigenvalue weighted by atomic mass is 10.1. The van der Waals surface area contributed by atoms with Gasteiger partial charge in [0.15, 0.2) is 0 Å². The molecule has 0 saturated carbocycles. The summed E-state index contributed by atoms with van der Waals surface area (Å²) in [6.07, 6.45) is 0. The first-order chi connectivity index (χ1) is 13.7. The molecule has 138 valence electrons. The van der Waals surface area contributed by atoms with Crippen LogP contribution in [0.15, 0.2) is 89.3 Å². The summed E-state index contributed by atoms with van der Waals surface area (Å²) >= 11 is 0. The maximum absolute atomic E-state index is 13.5. The molecule has 1 atom stereocenters. The number of nitrogens with one attached hydrogen (secondary N) is 1. The monoisotopic (exact) mass is 373 g/mol. The fourth-order valence-electron chi connectivity index (χ4n) is 2.83. The molecule has 0 aliphatic rings. The van der Waals surface area contributed by atoms with Crippen LogP contribution in [0.1, 0.15) is 27.9 Å². The number of carbonyl (C=O) groups is 1. The van der Waals surface area contributed by atoms with E-state index in [1.54, 1.807) is 6.07 Å². The minimum atomic E-state index is -0.665. The summed E-state index contributed by atoms with van der Waals surface area (Å²) in [4.78, 5) is 12.7. The van der Waals surface area contributed by atoms with E-state index in [0.717, 1.165) is 11.1 Å². The molecule has 0 bridgehead atoms. The minimum Gasteiger partial charge on any atom is -0.418 e. The van der Waals surface area contributed by atoms with Crippen LogP contribution in [0, 0.1) is 5.82 Å². The number of aromatic nitrogens is 2. The van der Waals surface area contributed by atoms with Gasteiger partial charge in [0.05, 0.1) is 0 Å². The second-order valence-electron chi connectivity index (χ2n) is 6.14. The maximum atomic E-state index is 13.5. The summed E-state index contributed by atoms with van der Waals surface area (Å²) in [5.41, 5.74) is 1.77. The van der Waals surface area contributed by atoms with E-state index in [4.69, 9.17) is 4.42 Å².